The minimum Gasteiger partial charge on any atom is -0.324 e. The van der Waals surface area contributed by atoms with Crippen LogP contribution < -0.4 is 5.32 Å². The summed E-state index contributed by atoms with van der Waals surface area (Å²) in [5.41, 5.74) is 2.67. The van der Waals surface area contributed by atoms with Gasteiger partial charge in [-0.15, -0.1) is 0 Å². The van der Waals surface area contributed by atoms with Gasteiger partial charge < -0.3 is 9.88 Å². The van der Waals surface area contributed by atoms with Crippen LogP contribution in [0.3, 0.4) is 0 Å². The van der Waals surface area contributed by atoms with Crippen molar-refractivity contribution in [3.8, 4) is 0 Å². The van der Waals surface area contributed by atoms with Crippen LogP contribution in [-0.4, -0.2) is 22.6 Å². The topological polar surface area (TPSA) is 29.9 Å². The van der Waals surface area contributed by atoms with E-state index in [1.54, 1.807) is 0 Å². The summed E-state index contributed by atoms with van der Waals surface area (Å²) in [5, 5.41) is 3.60. The van der Waals surface area contributed by atoms with Gasteiger partial charge >= 0.3 is 0 Å². The maximum Gasteiger partial charge on any atom is 0.117 e. The predicted octanol–water partition coefficient (Wildman–Crippen LogP) is 4.16. The van der Waals surface area contributed by atoms with Crippen molar-refractivity contribution < 1.29 is 0 Å². The molecule has 2 fully saturated rings. The molecule has 0 radical (unpaired) electrons. The van der Waals surface area contributed by atoms with Crippen LogP contribution in [0.15, 0.2) is 22.7 Å². The van der Waals surface area contributed by atoms with E-state index in [9.17, 15) is 0 Å². The summed E-state index contributed by atoms with van der Waals surface area (Å²) in [7, 11) is 0. The molecule has 112 valence electrons. The lowest BCUT2D eigenvalue weighted by molar-refractivity contribution is 0.280. The zero-order valence-corrected chi connectivity index (χ0v) is 14.1. The number of benzene rings is 1. The molecular weight excluding hydrogens is 326 g/mol. The van der Waals surface area contributed by atoms with Crippen molar-refractivity contribution >= 4 is 27.0 Å². The van der Waals surface area contributed by atoms with Gasteiger partial charge in [0, 0.05) is 22.5 Å². The molecule has 0 amide bonds. The van der Waals surface area contributed by atoms with Gasteiger partial charge in [-0.25, -0.2) is 4.98 Å². The molecule has 1 saturated carbocycles. The maximum absolute atomic E-state index is 5.09. The summed E-state index contributed by atoms with van der Waals surface area (Å²) < 4.78 is 3.67. The Morgan fingerprint density at radius 3 is 2.95 bits per heavy atom. The minimum atomic E-state index is 0.215. The first kappa shape index (κ1) is 13.8. The molecule has 1 aromatic carbocycles. The van der Waals surface area contributed by atoms with Crippen LogP contribution >= 0.6 is 15.9 Å². The Labute approximate surface area is 134 Å². The van der Waals surface area contributed by atoms with Crippen molar-refractivity contribution in [3.05, 3.63) is 28.5 Å². The average molecular weight is 348 g/mol. The van der Waals surface area contributed by atoms with Gasteiger partial charge in [0.25, 0.3) is 0 Å². The van der Waals surface area contributed by atoms with Crippen molar-refractivity contribution in [2.45, 2.75) is 50.5 Å². The van der Waals surface area contributed by atoms with Crippen LogP contribution in [0.5, 0.6) is 0 Å². The SMILES string of the molecule is CCC1(c2nc3cc(Br)ccc3n2C2CC2)CCCNC1. The first-order valence-corrected chi connectivity index (χ1v) is 8.91. The van der Waals surface area contributed by atoms with Gasteiger partial charge in [0.15, 0.2) is 0 Å². The van der Waals surface area contributed by atoms with Crippen LogP contribution in [0.1, 0.15) is 50.9 Å². The van der Waals surface area contributed by atoms with Gasteiger partial charge in [0.2, 0.25) is 0 Å². The molecule has 21 heavy (non-hydrogen) atoms. The summed E-state index contributed by atoms with van der Waals surface area (Å²) in [4.78, 5) is 5.09. The number of halogens is 1. The zero-order chi connectivity index (χ0) is 14.4. The monoisotopic (exact) mass is 347 g/mol. The van der Waals surface area contributed by atoms with E-state index in [1.807, 2.05) is 0 Å². The molecule has 1 aromatic heterocycles. The van der Waals surface area contributed by atoms with E-state index in [2.05, 4.69) is 50.9 Å². The number of fused-ring (bicyclic) bond motifs is 1. The Hall–Kier alpha value is -0.870. The first-order chi connectivity index (χ1) is 10.2. The Morgan fingerprint density at radius 2 is 2.29 bits per heavy atom. The number of hydrogen-bond acceptors (Lipinski definition) is 2. The third-order valence-corrected chi connectivity index (χ3v) is 5.68. The molecular formula is C17H22BrN3. The number of imidazole rings is 1. The molecule has 2 aliphatic rings. The average Bonchev–Trinajstić information content (AvgIpc) is 3.28. The Bertz CT molecular complexity index is 666. The molecule has 2 heterocycles. The lowest BCUT2D eigenvalue weighted by atomic mass is 9.77. The van der Waals surface area contributed by atoms with Crippen LogP contribution in [0.25, 0.3) is 11.0 Å². The number of nitrogens with one attached hydrogen (secondary N) is 1. The van der Waals surface area contributed by atoms with Crippen LogP contribution in [-0.2, 0) is 5.41 Å². The van der Waals surface area contributed by atoms with Crippen molar-refractivity contribution in [1.29, 1.82) is 0 Å². The van der Waals surface area contributed by atoms with Crippen LogP contribution in [0, 0.1) is 0 Å². The lowest BCUT2D eigenvalue weighted by Crippen LogP contribution is -2.44. The predicted molar refractivity (Wildman–Crippen MR) is 89.8 cm³/mol. The smallest absolute Gasteiger partial charge is 0.117 e. The fourth-order valence-electron chi connectivity index (χ4n) is 3.77. The highest BCUT2D eigenvalue weighted by Gasteiger charge is 2.40. The molecule has 0 spiro atoms. The van der Waals surface area contributed by atoms with E-state index in [1.165, 1.54) is 37.0 Å². The van der Waals surface area contributed by atoms with E-state index in [-0.39, 0.29) is 5.41 Å². The largest absolute Gasteiger partial charge is 0.324 e. The third-order valence-electron chi connectivity index (χ3n) is 5.19. The van der Waals surface area contributed by atoms with Gasteiger partial charge in [-0.1, -0.05) is 22.9 Å². The zero-order valence-electron chi connectivity index (χ0n) is 12.5. The van der Waals surface area contributed by atoms with E-state index in [0.29, 0.717) is 6.04 Å². The molecule has 4 heteroatoms. The molecule has 1 saturated heterocycles. The van der Waals surface area contributed by atoms with Gasteiger partial charge in [0.05, 0.1) is 11.0 Å². The van der Waals surface area contributed by atoms with E-state index in [0.717, 1.165) is 29.5 Å². The van der Waals surface area contributed by atoms with E-state index >= 15 is 0 Å². The quantitative estimate of drug-likeness (QED) is 0.903. The van der Waals surface area contributed by atoms with E-state index < -0.39 is 0 Å². The Balaban J connectivity index is 1.92. The number of rotatable bonds is 3. The molecule has 1 N–H and O–H groups in total. The summed E-state index contributed by atoms with van der Waals surface area (Å²) in [6.45, 7) is 4.54. The minimum absolute atomic E-state index is 0.215. The molecule has 1 aliphatic heterocycles. The molecule has 1 aliphatic carbocycles. The van der Waals surface area contributed by atoms with E-state index in [4.69, 9.17) is 4.98 Å². The van der Waals surface area contributed by atoms with Crippen molar-refractivity contribution in [2.75, 3.05) is 13.1 Å². The van der Waals surface area contributed by atoms with Crippen LogP contribution in [0.2, 0.25) is 0 Å². The second kappa shape index (κ2) is 5.10. The molecule has 0 bridgehead atoms. The van der Waals surface area contributed by atoms with Gasteiger partial charge in [-0.3, -0.25) is 0 Å². The second-order valence-corrected chi connectivity index (χ2v) is 7.50. The standard InChI is InChI=1S/C17H22BrN3/c1-2-17(8-3-9-19-11-17)16-20-14-10-12(18)4-7-15(14)21(16)13-5-6-13/h4,7,10,13,19H,2-3,5-6,8-9,11H2,1H3. The highest BCUT2D eigenvalue weighted by molar-refractivity contribution is 9.10. The normalized spacial score (nSPS) is 26.4. The molecule has 3 nitrogen and oxygen atoms in total. The fraction of sp³-hybridized carbons (Fsp3) is 0.588. The number of aromatic nitrogens is 2. The van der Waals surface area contributed by atoms with Gasteiger partial charge in [-0.05, 0) is 56.8 Å². The number of hydrogen-bond donors (Lipinski definition) is 1. The Kier molecular flexibility index (Phi) is 3.34. The number of piperidine rings is 1. The molecule has 2 aromatic rings. The highest BCUT2D eigenvalue weighted by atomic mass is 79.9. The maximum atomic E-state index is 5.09. The second-order valence-electron chi connectivity index (χ2n) is 6.58. The van der Waals surface area contributed by atoms with Gasteiger partial charge in [-0.2, -0.15) is 0 Å². The summed E-state index contributed by atoms with van der Waals surface area (Å²) in [5.74, 6) is 1.33. The fourth-order valence-corrected chi connectivity index (χ4v) is 4.12. The highest BCUT2D eigenvalue weighted by Crippen LogP contribution is 2.44. The summed E-state index contributed by atoms with van der Waals surface area (Å²) in [6.07, 6.45) is 6.29. The molecule has 1 atom stereocenters. The van der Waals surface area contributed by atoms with Crippen molar-refractivity contribution in [3.63, 3.8) is 0 Å². The van der Waals surface area contributed by atoms with Crippen molar-refractivity contribution in [2.24, 2.45) is 0 Å². The number of nitrogens with zero attached hydrogens (tertiary/aromatic N) is 2. The van der Waals surface area contributed by atoms with Crippen LogP contribution in [0.4, 0.5) is 0 Å². The third kappa shape index (κ3) is 2.23. The summed E-state index contributed by atoms with van der Waals surface area (Å²) >= 11 is 3.58. The Morgan fingerprint density at radius 1 is 1.43 bits per heavy atom. The van der Waals surface area contributed by atoms with Crippen molar-refractivity contribution in [1.82, 2.24) is 14.9 Å². The van der Waals surface area contributed by atoms with Gasteiger partial charge in [0.1, 0.15) is 5.82 Å². The molecule has 1 unspecified atom stereocenters. The summed E-state index contributed by atoms with van der Waals surface area (Å²) in [6, 6.07) is 7.21. The lowest BCUT2D eigenvalue weighted by Gasteiger charge is -2.36. The first-order valence-electron chi connectivity index (χ1n) is 8.12. The molecule has 4 rings (SSSR count).